The zero-order valence-electron chi connectivity index (χ0n) is 11.6. The molecule has 1 fully saturated rings. The number of hydrogen-bond acceptors (Lipinski definition) is 1. The van der Waals surface area contributed by atoms with Crippen molar-refractivity contribution in [3.63, 3.8) is 0 Å². The standard InChI is InChI=1S/C15H20ClFN2S/c1-10(11-5-3-2-4-6-11)18-15(20)19-12-7-8-14(17)13(16)9-12/h7-11H,2-6H2,1H3,(H2,18,19,20)/t10-/m0/s1. The molecule has 2 rings (SSSR count). The van der Waals surface area contributed by atoms with Crippen molar-refractivity contribution in [1.82, 2.24) is 5.32 Å². The molecule has 1 atom stereocenters. The predicted molar refractivity (Wildman–Crippen MR) is 86.8 cm³/mol. The minimum absolute atomic E-state index is 0.0955. The van der Waals surface area contributed by atoms with E-state index in [0.717, 1.165) is 0 Å². The van der Waals surface area contributed by atoms with Gasteiger partial charge in [0.1, 0.15) is 5.82 Å². The Morgan fingerprint density at radius 1 is 1.35 bits per heavy atom. The summed E-state index contributed by atoms with van der Waals surface area (Å²) < 4.78 is 13.1. The van der Waals surface area contributed by atoms with Crippen LogP contribution in [0.25, 0.3) is 0 Å². The van der Waals surface area contributed by atoms with Crippen LogP contribution in [0.3, 0.4) is 0 Å². The Kier molecular flexibility index (Phi) is 5.61. The molecule has 0 unspecified atom stereocenters. The molecule has 2 N–H and O–H groups in total. The van der Waals surface area contributed by atoms with Crippen LogP contribution in [0.1, 0.15) is 39.0 Å². The first-order chi connectivity index (χ1) is 9.56. The Morgan fingerprint density at radius 3 is 2.70 bits per heavy atom. The van der Waals surface area contributed by atoms with E-state index in [-0.39, 0.29) is 5.02 Å². The van der Waals surface area contributed by atoms with Gasteiger partial charge in [0, 0.05) is 11.7 Å². The molecule has 0 saturated heterocycles. The van der Waals surface area contributed by atoms with E-state index in [1.54, 1.807) is 6.07 Å². The van der Waals surface area contributed by atoms with Gasteiger partial charge in [-0.2, -0.15) is 0 Å². The first-order valence-electron chi connectivity index (χ1n) is 7.09. The highest BCUT2D eigenvalue weighted by atomic mass is 35.5. The van der Waals surface area contributed by atoms with Gasteiger partial charge in [-0.05, 0) is 56.1 Å². The zero-order chi connectivity index (χ0) is 14.5. The number of benzene rings is 1. The van der Waals surface area contributed by atoms with Gasteiger partial charge in [0.2, 0.25) is 0 Å². The zero-order valence-corrected chi connectivity index (χ0v) is 13.2. The van der Waals surface area contributed by atoms with Crippen LogP contribution >= 0.6 is 23.8 Å². The average molecular weight is 315 g/mol. The second-order valence-electron chi connectivity index (χ2n) is 5.41. The molecule has 2 nitrogen and oxygen atoms in total. The summed E-state index contributed by atoms with van der Waals surface area (Å²) in [6.45, 7) is 2.17. The summed E-state index contributed by atoms with van der Waals surface area (Å²) in [5, 5.41) is 7.02. The molecule has 20 heavy (non-hydrogen) atoms. The molecule has 110 valence electrons. The van der Waals surface area contributed by atoms with Crippen molar-refractivity contribution in [2.24, 2.45) is 5.92 Å². The Hall–Kier alpha value is -0.870. The Morgan fingerprint density at radius 2 is 2.05 bits per heavy atom. The summed E-state index contributed by atoms with van der Waals surface area (Å²) in [6.07, 6.45) is 6.49. The molecule has 1 aromatic rings. The van der Waals surface area contributed by atoms with Crippen molar-refractivity contribution in [3.8, 4) is 0 Å². The van der Waals surface area contributed by atoms with E-state index in [0.29, 0.717) is 22.8 Å². The number of thiocarbonyl (C=S) groups is 1. The smallest absolute Gasteiger partial charge is 0.170 e. The van der Waals surface area contributed by atoms with Crippen molar-refractivity contribution < 1.29 is 4.39 Å². The molecule has 0 bridgehead atoms. The van der Waals surface area contributed by atoms with Crippen LogP contribution in [0.2, 0.25) is 5.02 Å². The summed E-state index contributed by atoms with van der Waals surface area (Å²) in [7, 11) is 0. The SMILES string of the molecule is C[C@H](NC(=S)Nc1ccc(F)c(Cl)c1)C1CCCCC1. The molecule has 1 saturated carbocycles. The van der Waals surface area contributed by atoms with E-state index in [4.69, 9.17) is 23.8 Å². The monoisotopic (exact) mass is 314 g/mol. The van der Waals surface area contributed by atoms with Gasteiger partial charge in [-0.15, -0.1) is 0 Å². The quantitative estimate of drug-likeness (QED) is 0.788. The lowest BCUT2D eigenvalue weighted by atomic mass is 9.85. The maximum atomic E-state index is 13.1. The van der Waals surface area contributed by atoms with Crippen molar-refractivity contribution in [3.05, 3.63) is 29.0 Å². The summed E-state index contributed by atoms with van der Waals surface area (Å²) in [4.78, 5) is 0. The van der Waals surface area contributed by atoms with E-state index in [1.807, 2.05) is 0 Å². The number of nitrogens with one attached hydrogen (secondary N) is 2. The van der Waals surface area contributed by atoms with Crippen molar-refractivity contribution in [2.75, 3.05) is 5.32 Å². The molecular weight excluding hydrogens is 295 g/mol. The minimum Gasteiger partial charge on any atom is -0.360 e. The normalized spacial score (nSPS) is 17.6. The predicted octanol–water partition coefficient (Wildman–Crippen LogP) is 4.73. The summed E-state index contributed by atoms with van der Waals surface area (Å²) in [6, 6.07) is 4.85. The van der Waals surface area contributed by atoms with E-state index >= 15 is 0 Å². The van der Waals surface area contributed by atoms with Gasteiger partial charge in [-0.25, -0.2) is 4.39 Å². The molecule has 1 aliphatic rings. The Labute approximate surface area is 130 Å². The molecule has 0 aliphatic heterocycles. The maximum absolute atomic E-state index is 13.1. The van der Waals surface area contributed by atoms with Gasteiger partial charge in [0.15, 0.2) is 5.11 Å². The van der Waals surface area contributed by atoms with Crippen LogP contribution in [0.5, 0.6) is 0 Å². The number of rotatable bonds is 3. The topological polar surface area (TPSA) is 24.1 Å². The van der Waals surface area contributed by atoms with E-state index < -0.39 is 5.82 Å². The van der Waals surface area contributed by atoms with Crippen LogP contribution < -0.4 is 10.6 Å². The third-order valence-electron chi connectivity index (χ3n) is 3.89. The fourth-order valence-electron chi connectivity index (χ4n) is 2.70. The fourth-order valence-corrected chi connectivity index (χ4v) is 3.18. The molecule has 5 heteroatoms. The molecule has 0 radical (unpaired) electrons. The lowest BCUT2D eigenvalue weighted by Crippen LogP contribution is -2.41. The fraction of sp³-hybridized carbons (Fsp3) is 0.533. The molecule has 0 heterocycles. The van der Waals surface area contributed by atoms with Gasteiger partial charge in [0.25, 0.3) is 0 Å². The minimum atomic E-state index is -0.424. The van der Waals surface area contributed by atoms with Crippen molar-refractivity contribution >= 4 is 34.6 Å². The highest BCUT2D eigenvalue weighted by Gasteiger charge is 2.20. The lowest BCUT2D eigenvalue weighted by Gasteiger charge is -2.29. The second-order valence-corrected chi connectivity index (χ2v) is 6.23. The van der Waals surface area contributed by atoms with Crippen molar-refractivity contribution in [2.45, 2.75) is 45.1 Å². The first-order valence-corrected chi connectivity index (χ1v) is 7.87. The van der Waals surface area contributed by atoms with Gasteiger partial charge in [0.05, 0.1) is 5.02 Å². The summed E-state index contributed by atoms with van der Waals surface area (Å²) in [5.41, 5.74) is 0.699. The Bertz CT molecular complexity index is 475. The average Bonchev–Trinajstić information content (AvgIpc) is 2.44. The van der Waals surface area contributed by atoms with E-state index in [1.165, 1.54) is 44.2 Å². The van der Waals surface area contributed by atoms with Crippen LogP contribution in [0, 0.1) is 11.7 Å². The Balaban J connectivity index is 1.86. The molecule has 0 spiro atoms. The number of halogens is 2. The third-order valence-corrected chi connectivity index (χ3v) is 4.40. The van der Waals surface area contributed by atoms with Gasteiger partial charge in [-0.3, -0.25) is 0 Å². The molecule has 1 aliphatic carbocycles. The van der Waals surface area contributed by atoms with Crippen LogP contribution in [-0.4, -0.2) is 11.2 Å². The lowest BCUT2D eigenvalue weighted by molar-refractivity contribution is 0.302. The second kappa shape index (κ2) is 7.23. The summed E-state index contributed by atoms with van der Waals surface area (Å²) >= 11 is 11.0. The highest BCUT2D eigenvalue weighted by molar-refractivity contribution is 7.80. The molecule has 0 aromatic heterocycles. The van der Waals surface area contributed by atoms with Crippen LogP contribution in [0.15, 0.2) is 18.2 Å². The van der Waals surface area contributed by atoms with E-state index in [2.05, 4.69) is 17.6 Å². The number of hydrogen-bond donors (Lipinski definition) is 2. The van der Waals surface area contributed by atoms with Crippen LogP contribution in [-0.2, 0) is 0 Å². The largest absolute Gasteiger partial charge is 0.360 e. The molecule has 0 amide bonds. The molecule has 1 aromatic carbocycles. The molecular formula is C15H20ClFN2S. The van der Waals surface area contributed by atoms with Gasteiger partial charge >= 0.3 is 0 Å². The highest BCUT2D eigenvalue weighted by Crippen LogP contribution is 2.26. The number of anilines is 1. The third kappa shape index (κ3) is 4.32. The van der Waals surface area contributed by atoms with Gasteiger partial charge in [-0.1, -0.05) is 30.9 Å². The van der Waals surface area contributed by atoms with Crippen LogP contribution in [0.4, 0.5) is 10.1 Å². The summed E-state index contributed by atoms with van der Waals surface area (Å²) in [5.74, 6) is 0.256. The van der Waals surface area contributed by atoms with Crippen molar-refractivity contribution in [1.29, 1.82) is 0 Å². The first kappa shape index (κ1) is 15.5. The van der Waals surface area contributed by atoms with Gasteiger partial charge < -0.3 is 10.6 Å². The van der Waals surface area contributed by atoms with E-state index in [9.17, 15) is 4.39 Å². The maximum Gasteiger partial charge on any atom is 0.170 e.